The van der Waals surface area contributed by atoms with Crippen LogP contribution in [-0.4, -0.2) is 26.3 Å². The van der Waals surface area contributed by atoms with Gasteiger partial charge in [-0.1, -0.05) is 6.92 Å². The van der Waals surface area contributed by atoms with Crippen molar-refractivity contribution < 1.29 is 4.74 Å². The fraction of sp³-hybridized carbons (Fsp3) is 1.00. The average molecular weight is 145 g/mol. The summed E-state index contributed by atoms with van der Waals surface area (Å²) < 4.78 is 5.45. The summed E-state index contributed by atoms with van der Waals surface area (Å²) >= 11 is 0. The van der Waals surface area contributed by atoms with E-state index in [1.165, 1.54) is 0 Å². The minimum Gasteiger partial charge on any atom is -0.378 e. The second-order valence-electron chi connectivity index (χ2n) is 2.38. The Kier molecular flexibility index (Phi) is 6.98. The Morgan fingerprint density at radius 2 is 2.10 bits per heavy atom. The van der Waals surface area contributed by atoms with Crippen molar-refractivity contribution in [2.45, 2.75) is 32.8 Å². The Bertz CT molecular complexity index is 66.3. The van der Waals surface area contributed by atoms with E-state index in [4.69, 9.17) is 4.74 Å². The molecule has 0 amide bonds. The van der Waals surface area contributed by atoms with Gasteiger partial charge in [-0.2, -0.15) is 0 Å². The molecule has 1 atom stereocenters. The van der Waals surface area contributed by atoms with Crippen LogP contribution in [0.1, 0.15) is 26.7 Å². The minimum atomic E-state index is 0.456. The fourth-order valence-corrected chi connectivity index (χ4v) is 0.946. The molecule has 0 aliphatic heterocycles. The van der Waals surface area contributed by atoms with E-state index in [0.29, 0.717) is 6.10 Å². The lowest BCUT2D eigenvalue weighted by Gasteiger charge is -2.13. The Balaban J connectivity index is 3.21. The molecule has 0 aromatic heterocycles. The first-order valence-corrected chi connectivity index (χ1v) is 4.11. The Labute approximate surface area is 64.0 Å². The smallest absolute Gasteiger partial charge is 0.0584 e. The third kappa shape index (κ3) is 4.77. The van der Waals surface area contributed by atoms with Crippen LogP contribution in [0.3, 0.4) is 0 Å². The summed E-state index contributed by atoms with van der Waals surface area (Å²) in [6.45, 7) is 6.10. The van der Waals surface area contributed by atoms with Crippen molar-refractivity contribution in [1.82, 2.24) is 5.32 Å². The van der Waals surface area contributed by atoms with E-state index in [0.717, 1.165) is 26.0 Å². The summed E-state index contributed by atoms with van der Waals surface area (Å²) in [7, 11) is 1.97. The summed E-state index contributed by atoms with van der Waals surface area (Å²) in [6.07, 6.45) is 2.70. The topological polar surface area (TPSA) is 21.3 Å². The van der Waals surface area contributed by atoms with Crippen LogP contribution in [-0.2, 0) is 4.74 Å². The maximum Gasteiger partial charge on any atom is 0.0584 e. The highest BCUT2D eigenvalue weighted by molar-refractivity contribution is 4.55. The van der Waals surface area contributed by atoms with Crippen LogP contribution in [0.5, 0.6) is 0 Å². The van der Waals surface area contributed by atoms with Gasteiger partial charge in [0.2, 0.25) is 0 Å². The van der Waals surface area contributed by atoms with E-state index in [9.17, 15) is 0 Å². The van der Waals surface area contributed by atoms with Crippen LogP contribution < -0.4 is 5.32 Å². The van der Waals surface area contributed by atoms with Gasteiger partial charge in [0.25, 0.3) is 0 Å². The first-order valence-electron chi connectivity index (χ1n) is 4.11. The standard InChI is InChI=1S/C8H19NO/c1-4-8(10-5-2)6-7-9-3/h8-9H,4-7H2,1-3H3. The molecule has 0 fully saturated rings. The van der Waals surface area contributed by atoms with Crippen molar-refractivity contribution in [3.63, 3.8) is 0 Å². The van der Waals surface area contributed by atoms with Gasteiger partial charge in [-0.25, -0.2) is 0 Å². The van der Waals surface area contributed by atoms with Crippen molar-refractivity contribution in [3.05, 3.63) is 0 Å². The maximum absolute atomic E-state index is 5.45. The summed E-state index contributed by atoms with van der Waals surface area (Å²) in [5.74, 6) is 0. The van der Waals surface area contributed by atoms with Crippen molar-refractivity contribution in [2.24, 2.45) is 0 Å². The lowest BCUT2D eigenvalue weighted by Crippen LogP contribution is -2.19. The van der Waals surface area contributed by atoms with Crippen LogP contribution in [0.15, 0.2) is 0 Å². The van der Waals surface area contributed by atoms with Gasteiger partial charge in [0.05, 0.1) is 6.10 Å². The highest BCUT2D eigenvalue weighted by atomic mass is 16.5. The molecule has 62 valence electrons. The third-order valence-electron chi connectivity index (χ3n) is 1.57. The maximum atomic E-state index is 5.45. The minimum absolute atomic E-state index is 0.456. The SMILES string of the molecule is CCOC(CC)CCNC. The van der Waals surface area contributed by atoms with Gasteiger partial charge in [-0.3, -0.25) is 0 Å². The second kappa shape index (κ2) is 7.03. The summed E-state index contributed by atoms with van der Waals surface area (Å²) in [5, 5.41) is 3.11. The Morgan fingerprint density at radius 1 is 1.40 bits per heavy atom. The molecule has 0 saturated carbocycles. The fourth-order valence-electron chi connectivity index (χ4n) is 0.946. The summed E-state index contributed by atoms with van der Waals surface area (Å²) in [4.78, 5) is 0. The van der Waals surface area contributed by atoms with Crippen molar-refractivity contribution >= 4 is 0 Å². The van der Waals surface area contributed by atoms with E-state index >= 15 is 0 Å². The molecular formula is C8H19NO. The van der Waals surface area contributed by atoms with Crippen molar-refractivity contribution in [1.29, 1.82) is 0 Å². The van der Waals surface area contributed by atoms with Crippen molar-refractivity contribution in [3.8, 4) is 0 Å². The molecule has 0 aliphatic rings. The van der Waals surface area contributed by atoms with E-state index in [1.54, 1.807) is 0 Å². The molecule has 10 heavy (non-hydrogen) atoms. The summed E-state index contributed by atoms with van der Waals surface area (Å²) in [6, 6.07) is 0. The van der Waals surface area contributed by atoms with E-state index in [2.05, 4.69) is 12.2 Å². The third-order valence-corrected chi connectivity index (χ3v) is 1.57. The normalized spacial score (nSPS) is 13.5. The molecular weight excluding hydrogens is 126 g/mol. The first kappa shape index (κ1) is 9.92. The zero-order valence-corrected chi connectivity index (χ0v) is 7.31. The molecule has 0 heterocycles. The summed E-state index contributed by atoms with van der Waals surface area (Å²) in [5.41, 5.74) is 0. The monoisotopic (exact) mass is 145 g/mol. The van der Waals surface area contributed by atoms with Gasteiger partial charge in [-0.15, -0.1) is 0 Å². The highest BCUT2D eigenvalue weighted by Gasteiger charge is 2.02. The van der Waals surface area contributed by atoms with Crippen LogP contribution in [0, 0.1) is 0 Å². The molecule has 0 aromatic rings. The van der Waals surface area contributed by atoms with Gasteiger partial charge < -0.3 is 10.1 Å². The highest BCUT2D eigenvalue weighted by Crippen LogP contribution is 2.01. The van der Waals surface area contributed by atoms with E-state index in [-0.39, 0.29) is 0 Å². The van der Waals surface area contributed by atoms with E-state index < -0.39 is 0 Å². The Hall–Kier alpha value is -0.0800. The van der Waals surface area contributed by atoms with Crippen LogP contribution in [0.2, 0.25) is 0 Å². The quantitative estimate of drug-likeness (QED) is 0.610. The van der Waals surface area contributed by atoms with Gasteiger partial charge in [0.15, 0.2) is 0 Å². The van der Waals surface area contributed by atoms with Gasteiger partial charge in [0.1, 0.15) is 0 Å². The molecule has 0 rings (SSSR count). The average Bonchev–Trinajstić information content (AvgIpc) is 1.98. The second-order valence-corrected chi connectivity index (χ2v) is 2.38. The molecule has 2 nitrogen and oxygen atoms in total. The van der Waals surface area contributed by atoms with Crippen LogP contribution in [0.25, 0.3) is 0 Å². The van der Waals surface area contributed by atoms with Gasteiger partial charge in [-0.05, 0) is 33.4 Å². The molecule has 0 bridgehead atoms. The van der Waals surface area contributed by atoms with Gasteiger partial charge >= 0.3 is 0 Å². The molecule has 0 saturated heterocycles. The zero-order chi connectivity index (χ0) is 7.82. The number of hydrogen-bond donors (Lipinski definition) is 1. The largest absolute Gasteiger partial charge is 0.378 e. The number of ether oxygens (including phenoxy) is 1. The van der Waals surface area contributed by atoms with Gasteiger partial charge in [0, 0.05) is 6.61 Å². The van der Waals surface area contributed by atoms with E-state index in [1.807, 2.05) is 14.0 Å². The number of rotatable bonds is 6. The number of nitrogens with one attached hydrogen (secondary N) is 1. The molecule has 0 radical (unpaired) electrons. The number of hydrogen-bond acceptors (Lipinski definition) is 2. The van der Waals surface area contributed by atoms with Crippen LogP contribution in [0.4, 0.5) is 0 Å². The first-order chi connectivity index (χ1) is 4.85. The zero-order valence-electron chi connectivity index (χ0n) is 7.31. The molecule has 1 unspecified atom stereocenters. The van der Waals surface area contributed by atoms with Crippen LogP contribution >= 0.6 is 0 Å². The molecule has 0 aliphatic carbocycles. The molecule has 2 heteroatoms. The van der Waals surface area contributed by atoms with Crippen molar-refractivity contribution in [2.75, 3.05) is 20.2 Å². The lowest BCUT2D eigenvalue weighted by atomic mass is 10.2. The Morgan fingerprint density at radius 3 is 2.50 bits per heavy atom. The predicted octanol–water partition coefficient (Wildman–Crippen LogP) is 1.41. The molecule has 0 aromatic carbocycles. The predicted molar refractivity (Wildman–Crippen MR) is 44.2 cm³/mol. The molecule has 0 spiro atoms. The molecule has 1 N–H and O–H groups in total. The lowest BCUT2D eigenvalue weighted by molar-refractivity contribution is 0.0548.